The Morgan fingerprint density at radius 1 is 1.12 bits per heavy atom. The monoisotopic (exact) mass is 572 g/mol. The van der Waals surface area contributed by atoms with Crippen molar-refractivity contribution in [3.05, 3.63) is 41.2 Å². The number of piperazine rings is 1. The first kappa shape index (κ1) is 28.1. The Kier molecular flexibility index (Phi) is 8.43. The van der Waals surface area contributed by atoms with Crippen molar-refractivity contribution >= 4 is 45.9 Å². The van der Waals surface area contributed by atoms with E-state index < -0.39 is 5.82 Å². The molecule has 2 unspecified atom stereocenters. The predicted molar refractivity (Wildman–Crippen MR) is 152 cm³/mol. The number of halogens is 2. The fraction of sp³-hybridized carbons (Fsp3) is 0.464. The summed E-state index contributed by atoms with van der Waals surface area (Å²) in [4.78, 5) is 29.0. The molecule has 12 heteroatoms. The number of likely N-dealkylation sites (tertiary alicyclic amines) is 1. The van der Waals surface area contributed by atoms with Crippen molar-refractivity contribution in [3.63, 3.8) is 0 Å². The van der Waals surface area contributed by atoms with Crippen LogP contribution in [0.1, 0.15) is 19.8 Å². The minimum absolute atomic E-state index is 0.0316. The van der Waals surface area contributed by atoms with Crippen molar-refractivity contribution < 1.29 is 23.8 Å². The summed E-state index contributed by atoms with van der Waals surface area (Å²) in [6.45, 7) is 4.94. The number of aliphatic hydroxyl groups excluding tert-OH is 1. The summed E-state index contributed by atoms with van der Waals surface area (Å²) in [6.07, 6.45) is 1.75. The molecule has 10 nitrogen and oxygen atoms in total. The summed E-state index contributed by atoms with van der Waals surface area (Å²) in [7, 11) is 3.10. The Hall–Kier alpha value is -3.41. The number of aromatic nitrogens is 2. The summed E-state index contributed by atoms with van der Waals surface area (Å²) < 4.78 is 25.7. The van der Waals surface area contributed by atoms with Crippen LogP contribution in [0.3, 0.4) is 0 Å². The number of anilines is 3. The van der Waals surface area contributed by atoms with Crippen LogP contribution < -0.4 is 19.7 Å². The van der Waals surface area contributed by atoms with Crippen LogP contribution in [0.15, 0.2) is 30.3 Å². The fourth-order valence-corrected chi connectivity index (χ4v) is 5.58. The van der Waals surface area contributed by atoms with E-state index in [9.17, 15) is 14.3 Å². The minimum atomic E-state index is -0.509. The van der Waals surface area contributed by atoms with Crippen molar-refractivity contribution in [2.75, 3.05) is 63.8 Å². The highest BCUT2D eigenvalue weighted by Gasteiger charge is 2.37. The number of hydrogen-bond acceptors (Lipinski definition) is 9. The molecular weight excluding hydrogens is 539 g/mol. The number of benzene rings is 2. The van der Waals surface area contributed by atoms with Gasteiger partial charge < -0.3 is 29.7 Å². The number of nitrogens with one attached hydrogen (secondary N) is 1. The molecule has 3 aromatic rings. The molecule has 0 spiro atoms. The van der Waals surface area contributed by atoms with Gasteiger partial charge in [0.25, 0.3) is 0 Å². The molecule has 2 N–H and O–H groups in total. The molecule has 0 saturated carbocycles. The second-order valence-corrected chi connectivity index (χ2v) is 10.5. The van der Waals surface area contributed by atoms with Crippen molar-refractivity contribution in [2.45, 2.75) is 31.8 Å². The Bertz CT molecular complexity index is 1390. The average molecular weight is 573 g/mol. The van der Waals surface area contributed by atoms with Gasteiger partial charge in [0, 0.05) is 48.7 Å². The zero-order valence-corrected chi connectivity index (χ0v) is 23.6. The number of fused-ring (bicyclic) bond motifs is 1. The number of rotatable bonds is 8. The second-order valence-electron chi connectivity index (χ2n) is 10.1. The first-order chi connectivity index (χ1) is 19.3. The first-order valence-corrected chi connectivity index (χ1v) is 13.8. The van der Waals surface area contributed by atoms with E-state index >= 15 is 0 Å². The van der Waals surface area contributed by atoms with E-state index in [1.807, 2.05) is 16.7 Å². The van der Waals surface area contributed by atoms with Gasteiger partial charge in [0.1, 0.15) is 11.6 Å². The highest BCUT2D eigenvalue weighted by atomic mass is 35.5. The number of hydrogen-bond donors (Lipinski definition) is 2. The van der Waals surface area contributed by atoms with E-state index in [0.29, 0.717) is 65.4 Å². The van der Waals surface area contributed by atoms with Crippen molar-refractivity contribution in [3.8, 4) is 11.5 Å². The summed E-state index contributed by atoms with van der Waals surface area (Å²) in [5, 5.41) is 13.6. The molecule has 0 aliphatic carbocycles. The zero-order chi connectivity index (χ0) is 28.4. The molecule has 2 saturated heterocycles. The summed E-state index contributed by atoms with van der Waals surface area (Å²) in [5.41, 5.74) is 0.816. The van der Waals surface area contributed by atoms with Gasteiger partial charge in [0.05, 0.1) is 38.1 Å². The van der Waals surface area contributed by atoms with E-state index in [-0.39, 0.29) is 30.3 Å². The van der Waals surface area contributed by atoms with E-state index in [1.165, 1.54) is 6.07 Å². The number of aliphatic hydroxyl groups is 1. The van der Waals surface area contributed by atoms with Gasteiger partial charge >= 0.3 is 0 Å². The highest BCUT2D eigenvalue weighted by molar-refractivity contribution is 6.30. The van der Waals surface area contributed by atoms with E-state index in [1.54, 1.807) is 38.5 Å². The predicted octanol–water partition coefficient (Wildman–Crippen LogP) is 3.68. The molecule has 2 aliphatic heterocycles. The van der Waals surface area contributed by atoms with Crippen LogP contribution in [0.4, 0.5) is 21.8 Å². The molecule has 2 atom stereocenters. The zero-order valence-electron chi connectivity index (χ0n) is 22.9. The normalized spacial score (nSPS) is 18.7. The maximum atomic E-state index is 14.7. The Morgan fingerprint density at radius 3 is 2.52 bits per heavy atom. The molecule has 2 aliphatic rings. The number of ether oxygens (including phenoxy) is 2. The van der Waals surface area contributed by atoms with Gasteiger partial charge in [-0.25, -0.2) is 9.37 Å². The van der Waals surface area contributed by atoms with E-state index in [2.05, 4.69) is 10.2 Å². The third kappa shape index (κ3) is 5.59. The van der Waals surface area contributed by atoms with Crippen LogP contribution in [0.2, 0.25) is 5.02 Å². The molecule has 3 heterocycles. The quantitative estimate of drug-likeness (QED) is 0.418. The van der Waals surface area contributed by atoms with Gasteiger partial charge in [0.2, 0.25) is 11.9 Å². The number of methoxy groups -OCH3 is 2. The molecule has 1 aromatic heterocycles. The number of carbonyl (C=O) groups is 1. The van der Waals surface area contributed by atoms with Crippen LogP contribution in [-0.2, 0) is 4.79 Å². The second kappa shape index (κ2) is 12.0. The lowest BCUT2D eigenvalue weighted by atomic mass is 10.1. The smallest absolute Gasteiger partial charge is 0.240 e. The molecule has 2 aromatic carbocycles. The molecule has 40 heavy (non-hydrogen) atoms. The largest absolute Gasteiger partial charge is 0.493 e. The van der Waals surface area contributed by atoms with Crippen molar-refractivity contribution in [1.29, 1.82) is 0 Å². The van der Waals surface area contributed by atoms with Gasteiger partial charge in [0.15, 0.2) is 11.5 Å². The Balaban J connectivity index is 1.41. The average Bonchev–Trinajstić information content (AvgIpc) is 3.47. The molecule has 0 bridgehead atoms. The molecular formula is C28H34ClFN6O4. The third-order valence-corrected chi connectivity index (χ3v) is 7.89. The number of nitrogens with zero attached hydrogens (tertiary/aromatic N) is 5. The van der Waals surface area contributed by atoms with Crippen LogP contribution in [0.5, 0.6) is 11.5 Å². The lowest BCUT2D eigenvalue weighted by Gasteiger charge is -2.38. The number of carbonyl (C=O) groups excluding carboxylic acids is 1. The van der Waals surface area contributed by atoms with Crippen LogP contribution in [-0.4, -0.2) is 96.4 Å². The SMILES string of the molecule is COc1cc2nc(N3CCN(C(=O)C4CCCN4C(C)CO)CC3)nc(Nc3ccc(Cl)cc3F)c2cc1OC. The summed E-state index contributed by atoms with van der Waals surface area (Å²) >= 11 is 5.95. The van der Waals surface area contributed by atoms with Gasteiger partial charge in [-0.15, -0.1) is 0 Å². The van der Waals surface area contributed by atoms with Gasteiger partial charge in [-0.05, 0) is 50.6 Å². The molecule has 1 amide bonds. The van der Waals surface area contributed by atoms with Crippen molar-refractivity contribution in [2.24, 2.45) is 0 Å². The van der Waals surface area contributed by atoms with Crippen molar-refractivity contribution in [1.82, 2.24) is 19.8 Å². The first-order valence-electron chi connectivity index (χ1n) is 13.4. The molecule has 0 radical (unpaired) electrons. The topological polar surface area (TPSA) is 103 Å². The minimum Gasteiger partial charge on any atom is -0.493 e. The van der Waals surface area contributed by atoms with Crippen LogP contribution in [0.25, 0.3) is 10.9 Å². The number of amides is 1. The van der Waals surface area contributed by atoms with Gasteiger partial charge in [-0.1, -0.05) is 11.6 Å². The molecule has 214 valence electrons. The van der Waals surface area contributed by atoms with Gasteiger partial charge in [-0.3, -0.25) is 9.69 Å². The van der Waals surface area contributed by atoms with E-state index in [0.717, 1.165) is 19.4 Å². The lowest BCUT2D eigenvalue weighted by Crippen LogP contribution is -2.55. The van der Waals surface area contributed by atoms with Crippen LogP contribution >= 0.6 is 11.6 Å². The summed E-state index contributed by atoms with van der Waals surface area (Å²) in [6, 6.07) is 7.67. The van der Waals surface area contributed by atoms with E-state index in [4.69, 9.17) is 31.0 Å². The maximum Gasteiger partial charge on any atom is 0.240 e. The molecule has 2 fully saturated rings. The highest BCUT2D eigenvalue weighted by Crippen LogP contribution is 2.36. The van der Waals surface area contributed by atoms with Gasteiger partial charge in [-0.2, -0.15) is 4.98 Å². The summed E-state index contributed by atoms with van der Waals surface area (Å²) in [5.74, 6) is 1.46. The Morgan fingerprint density at radius 2 is 1.85 bits per heavy atom. The lowest BCUT2D eigenvalue weighted by molar-refractivity contribution is -0.137. The standard InChI is InChI=1S/C28H34ClFN6O4/c1-17(16-37)36-8-4-5-23(36)27(38)34-9-11-35(12-10-34)28-32-22-15-25(40-3)24(39-2)14-19(22)26(33-28)31-21-7-6-18(29)13-20(21)30/h6-7,13-15,17,23,37H,4-5,8-12,16H2,1-3H3,(H,31,32,33). The maximum absolute atomic E-state index is 14.7. The van der Waals surface area contributed by atoms with Crippen LogP contribution in [0, 0.1) is 5.82 Å². The third-order valence-electron chi connectivity index (χ3n) is 7.66. The fourth-order valence-electron chi connectivity index (χ4n) is 5.42. The Labute approximate surface area is 237 Å². The molecule has 5 rings (SSSR count).